The summed E-state index contributed by atoms with van der Waals surface area (Å²) in [6.07, 6.45) is 0. The van der Waals surface area contributed by atoms with E-state index in [4.69, 9.17) is 10.1 Å². The highest BCUT2D eigenvalue weighted by molar-refractivity contribution is 7.83. The van der Waals surface area contributed by atoms with Crippen LogP contribution in [-0.4, -0.2) is 14.7 Å². The molecule has 1 unspecified atom stereocenters. The van der Waals surface area contributed by atoms with Gasteiger partial charge in [0, 0.05) is 0 Å². The van der Waals surface area contributed by atoms with Crippen LogP contribution >= 0.6 is 0 Å². The fourth-order valence-corrected chi connectivity index (χ4v) is 1.06. The number of benzene rings is 1. The van der Waals surface area contributed by atoms with Gasteiger partial charge < -0.3 is 5.53 Å². The zero-order valence-electron chi connectivity index (χ0n) is 6.86. The predicted molar refractivity (Wildman–Crippen MR) is 48.1 cm³/mol. The van der Waals surface area contributed by atoms with Crippen LogP contribution in [0.3, 0.4) is 0 Å². The van der Waals surface area contributed by atoms with Crippen molar-refractivity contribution in [1.29, 1.82) is 0 Å². The molecule has 1 aromatic carbocycles. The van der Waals surface area contributed by atoms with Gasteiger partial charge in [0.25, 0.3) is 0 Å². The van der Waals surface area contributed by atoms with Crippen molar-refractivity contribution in [2.75, 3.05) is 0 Å². The van der Waals surface area contributed by atoms with Gasteiger partial charge in [0.05, 0.1) is 5.56 Å². The van der Waals surface area contributed by atoms with Gasteiger partial charge in [-0.15, -0.1) is 4.21 Å². The van der Waals surface area contributed by atoms with Crippen LogP contribution in [0.4, 0.5) is 0 Å². The molecule has 74 valence electrons. The van der Waals surface area contributed by atoms with Crippen molar-refractivity contribution < 1.29 is 17.7 Å². The summed E-state index contributed by atoms with van der Waals surface area (Å²) < 4.78 is 25.3. The number of rotatable bonds is 2. The van der Waals surface area contributed by atoms with Gasteiger partial charge in [0.15, 0.2) is 0 Å². The molecule has 0 aromatic heterocycles. The molecule has 6 nitrogen and oxygen atoms in total. The largest absolute Gasteiger partial charge is 0.575 e. The molecule has 0 aliphatic rings. The fraction of sp³-hybridized carbons (Fsp3) is 0. The summed E-state index contributed by atoms with van der Waals surface area (Å²) in [5.74, 6) is -1.03. The first-order chi connectivity index (χ1) is 6.55. The topological polar surface area (TPSA) is 100 Å². The van der Waals surface area contributed by atoms with Crippen molar-refractivity contribution in [3.05, 3.63) is 41.4 Å². The minimum atomic E-state index is -4.29. The maximum absolute atomic E-state index is 11.1. The summed E-state index contributed by atoms with van der Waals surface area (Å²) >= 11 is 0. The molecule has 0 saturated heterocycles. The Bertz CT molecular complexity index is 472. The smallest absolute Gasteiger partial charge is 0.342 e. The third-order valence-corrected chi connectivity index (χ3v) is 1.87. The molecule has 7 heteroatoms. The molecule has 0 spiro atoms. The first-order valence-corrected chi connectivity index (χ1v) is 4.86. The number of nitrogens with zero attached hydrogens (tertiary/aromatic N) is 2. The Labute approximate surface area is 80.2 Å². The van der Waals surface area contributed by atoms with Gasteiger partial charge >= 0.3 is 16.3 Å². The average molecular weight is 214 g/mol. The van der Waals surface area contributed by atoms with Crippen LogP contribution < -0.4 is 4.16 Å². The lowest BCUT2D eigenvalue weighted by Gasteiger charge is -1.96. The van der Waals surface area contributed by atoms with E-state index in [1.807, 2.05) is 4.16 Å². The Balaban J connectivity index is 2.90. The van der Waals surface area contributed by atoms with Crippen LogP contribution in [0.15, 0.2) is 30.3 Å². The summed E-state index contributed by atoms with van der Waals surface area (Å²) in [6.45, 7) is 0. The van der Waals surface area contributed by atoms with Gasteiger partial charge in [0.2, 0.25) is 0 Å². The first kappa shape index (κ1) is 10.4. The monoisotopic (exact) mass is 214 g/mol. The SMILES string of the molecule is [N-]=[N+]=S(=O)(O)OC(=O)c1ccccc1. The van der Waals surface area contributed by atoms with E-state index in [9.17, 15) is 9.00 Å². The van der Waals surface area contributed by atoms with E-state index in [1.165, 1.54) is 12.1 Å². The average Bonchev–Trinajstić information content (AvgIpc) is 2.19. The second-order valence-electron chi connectivity index (χ2n) is 2.27. The molecule has 0 aliphatic heterocycles. The molecular weight excluding hydrogens is 208 g/mol. The van der Waals surface area contributed by atoms with Gasteiger partial charge in [0.1, 0.15) is 0 Å². The standard InChI is InChI=1S/C7H6N2O4S/c8-9-14(11,12)13-7(10)6-4-2-1-3-5-6/h1-5H,(H,11,12). The maximum atomic E-state index is 11.1. The van der Waals surface area contributed by atoms with E-state index in [2.05, 4.69) is 4.18 Å². The maximum Gasteiger partial charge on any atom is 0.575 e. The van der Waals surface area contributed by atoms with Crippen molar-refractivity contribution in [3.8, 4) is 0 Å². The molecule has 1 atom stereocenters. The summed E-state index contributed by atoms with van der Waals surface area (Å²) in [5.41, 5.74) is 8.11. The van der Waals surface area contributed by atoms with Crippen LogP contribution in [0.25, 0.3) is 5.53 Å². The molecule has 0 fully saturated rings. The Morgan fingerprint density at radius 1 is 1.43 bits per heavy atom. The summed E-state index contributed by atoms with van der Waals surface area (Å²) in [6, 6.07) is 7.59. The summed E-state index contributed by atoms with van der Waals surface area (Å²) in [4.78, 5) is 11.1. The van der Waals surface area contributed by atoms with E-state index >= 15 is 0 Å². The van der Waals surface area contributed by atoms with E-state index in [0.29, 0.717) is 0 Å². The summed E-state index contributed by atoms with van der Waals surface area (Å²) in [5, 5.41) is 0. The molecule has 0 aliphatic carbocycles. The van der Waals surface area contributed by atoms with Crippen molar-refractivity contribution in [3.63, 3.8) is 0 Å². The second kappa shape index (κ2) is 4.01. The fourth-order valence-electron chi connectivity index (χ4n) is 0.738. The van der Waals surface area contributed by atoms with Gasteiger partial charge in [-0.3, -0.25) is 4.18 Å². The van der Waals surface area contributed by atoms with E-state index in [1.54, 1.807) is 18.2 Å². The molecular formula is C7H6N2O4S. The molecule has 0 bridgehead atoms. The normalized spacial score (nSPS) is 13.8. The molecule has 0 heterocycles. The predicted octanol–water partition coefficient (Wildman–Crippen LogP) is 0.788. The molecule has 0 radical (unpaired) electrons. The van der Waals surface area contributed by atoms with Crippen LogP contribution in [0.5, 0.6) is 0 Å². The first-order valence-electron chi connectivity index (χ1n) is 3.47. The van der Waals surface area contributed by atoms with Crippen molar-refractivity contribution in [1.82, 2.24) is 4.16 Å². The minimum Gasteiger partial charge on any atom is -0.342 e. The number of hydrogen-bond donors (Lipinski definition) is 1. The minimum absolute atomic E-state index is 0.0953. The van der Waals surface area contributed by atoms with E-state index < -0.39 is 16.3 Å². The van der Waals surface area contributed by atoms with Crippen LogP contribution in [-0.2, 0) is 14.5 Å². The Morgan fingerprint density at radius 3 is 2.50 bits per heavy atom. The van der Waals surface area contributed by atoms with Crippen LogP contribution in [0.1, 0.15) is 10.4 Å². The lowest BCUT2D eigenvalue weighted by molar-refractivity contribution is 0.0738. The quantitative estimate of drug-likeness (QED) is 0.580. The Hall–Kier alpha value is -1.69. The Kier molecular flexibility index (Phi) is 2.98. The highest BCUT2D eigenvalue weighted by Crippen LogP contribution is 2.02. The molecule has 1 aromatic rings. The van der Waals surface area contributed by atoms with Gasteiger partial charge in [-0.2, -0.15) is 0 Å². The highest BCUT2D eigenvalue weighted by Gasteiger charge is 2.19. The van der Waals surface area contributed by atoms with E-state index in [-0.39, 0.29) is 5.56 Å². The van der Waals surface area contributed by atoms with Crippen LogP contribution in [0.2, 0.25) is 0 Å². The second-order valence-corrected chi connectivity index (χ2v) is 3.49. The van der Waals surface area contributed by atoms with Gasteiger partial charge in [-0.25, -0.2) is 9.35 Å². The van der Waals surface area contributed by atoms with Gasteiger partial charge in [-0.05, 0) is 16.3 Å². The molecule has 1 rings (SSSR count). The Morgan fingerprint density at radius 2 is 2.00 bits per heavy atom. The number of carbonyl (C=O) groups is 1. The zero-order valence-corrected chi connectivity index (χ0v) is 7.68. The zero-order chi connectivity index (χ0) is 10.6. The van der Waals surface area contributed by atoms with E-state index in [0.717, 1.165) is 0 Å². The lowest BCUT2D eigenvalue weighted by Crippen LogP contribution is -2.13. The van der Waals surface area contributed by atoms with Gasteiger partial charge in [-0.1, -0.05) is 18.2 Å². The molecule has 1 N–H and O–H groups in total. The number of carbonyl (C=O) groups excluding carboxylic acids is 1. The van der Waals surface area contributed by atoms with Crippen molar-refractivity contribution in [2.24, 2.45) is 0 Å². The molecule has 14 heavy (non-hydrogen) atoms. The van der Waals surface area contributed by atoms with Crippen molar-refractivity contribution in [2.45, 2.75) is 0 Å². The molecule has 0 saturated carbocycles. The summed E-state index contributed by atoms with van der Waals surface area (Å²) in [7, 11) is -4.29. The molecule has 0 amide bonds. The van der Waals surface area contributed by atoms with Crippen LogP contribution in [0, 0.1) is 0 Å². The third-order valence-electron chi connectivity index (χ3n) is 1.30. The lowest BCUT2D eigenvalue weighted by atomic mass is 10.2. The number of hydrogen-bond acceptors (Lipinski definition) is 3. The van der Waals surface area contributed by atoms with Crippen molar-refractivity contribution >= 4 is 16.3 Å². The highest BCUT2D eigenvalue weighted by atomic mass is 32.2. The third kappa shape index (κ3) is 2.67.